The summed E-state index contributed by atoms with van der Waals surface area (Å²) < 4.78 is 13.5. The molecule has 2 atom stereocenters. The van der Waals surface area contributed by atoms with Gasteiger partial charge in [-0.15, -0.1) is 0 Å². The summed E-state index contributed by atoms with van der Waals surface area (Å²) in [6, 6.07) is 0. The van der Waals surface area contributed by atoms with Crippen molar-refractivity contribution in [3.8, 4) is 0 Å². The normalized spacial score (nSPS) is 25.1. The number of nitrogens with zero attached hydrogens (tertiary/aromatic N) is 2. The van der Waals surface area contributed by atoms with Gasteiger partial charge in [-0.05, 0) is 13.8 Å². The van der Waals surface area contributed by atoms with Gasteiger partial charge in [0.05, 0.1) is 25.4 Å². The quantitative estimate of drug-likeness (QED) is 0.764. The molecule has 2 rings (SSSR count). The van der Waals surface area contributed by atoms with Crippen LogP contribution >= 0.6 is 0 Å². The second kappa shape index (κ2) is 6.14. The van der Waals surface area contributed by atoms with E-state index in [0.717, 1.165) is 25.5 Å². The maximum atomic E-state index is 5.74. The van der Waals surface area contributed by atoms with Crippen molar-refractivity contribution in [2.24, 2.45) is 0 Å². The van der Waals surface area contributed by atoms with E-state index in [0.29, 0.717) is 13.2 Å². The van der Waals surface area contributed by atoms with Crippen molar-refractivity contribution in [1.82, 2.24) is 14.9 Å². The molecule has 0 amide bonds. The van der Waals surface area contributed by atoms with Gasteiger partial charge in [0, 0.05) is 32.0 Å². The fourth-order valence-electron chi connectivity index (χ4n) is 1.99. The van der Waals surface area contributed by atoms with Gasteiger partial charge in [0.15, 0.2) is 0 Å². The molecule has 2 unspecified atom stereocenters. The van der Waals surface area contributed by atoms with Crippen LogP contribution in [0.5, 0.6) is 0 Å². The van der Waals surface area contributed by atoms with Crippen LogP contribution in [-0.2, 0) is 16.0 Å². The highest BCUT2D eigenvalue weighted by molar-refractivity contribution is 4.88. The van der Waals surface area contributed by atoms with E-state index >= 15 is 0 Å². The first-order chi connectivity index (χ1) is 8.25. The van der Waals surface area contributed by atoms with Crippen LogP contribution in [0.25, 0.3) is 0 Å². The molecule has 1 aromatic rings. The van der Waals surface area contributed by atoms with Crippen molar-refractivity contribution < 1.29 is 9.47 Å². The third-order valence-electron chi connectivity index (χ3n) is 2.93. The first-order valence-electron chi connectivity index (χ1n) is 6.17. The summed E-state index contributed by atoms with van der Waals surface area (Å²) >= 11 is 0. The molecule has 5 heteroatoms. The van der Waals surface area contributed by atoms with Crippen molar-refractivity contribution in [1.29, 1.82) is 0 Å². The summed E-state index contributed by atoms with van der Waals surface area (Å²) in [4.78, 5) is 4.17. The molecule has 1 aromatic heterocycles. The highest BCUT2D eigenvalue weighted by Crippen LogP contribution is 2.03. The summed E-state index contributed by atoms with van der Waals surface area (Å²) in [5.74, 6) is 1.03. The number of morpholine rings is 1. The van der Waals surface area contributed by atoms with E-state index in [2.05, 4.69) is 21.8 Å². The maximum Gasteiger partial charge on any atom is 0.105 e. The van der Waals surface area contributed by atoms with Crippen molar-refractivity contribution >= 4 is 0 Å². The molecule has 1 saturated heterocycles. The molecule has 17 heavy (non-hydrogen) atoms. The Morgan fingerprint density at radius 1 is 1.59 bits per heavy atom. The predicted molar refractivity (Wildman–Crippen MR) is 65.0 cm³/mol. The molecular formula is C12H21N3O2. The molecule has 0 aromatic carbocycles. The molecule has 0 saturated carbocycles. The summed E-state index contributed by atoms with van der Waals surface area (Å²) in [5, 5.41) is 3.33. The van der Waals surface area contributed by atoms with Crippen LogP contribution in [0.3, 0.4) is 0 Å². The van der Waals surface area contributed by atoms with Gasteiger partial charge in [-0.2, -0.15) is 0 Å². The number of ether oxygens (including phenoxy) is 2. The molecule has 96 valence electrons. The lowest BCUT2D eigenvalue weighted by molar-refractivity contribution is -0.0693. The van der Waals surface area contributed by atoms with Crippen LogP contribution in [0, 0.1) is 6.92 Å². The van der Waals surface area contributed by atoms with Crippen molar-refractivity contribution in [3.63, 3.8) is 0 Å². The van der Waals surface area contributed by atoms with Gasteiger partial charge in [0.25, 0.3) is 0 Å². The zero-order chi connectivity index (χ0) is 12.1. The van der Waals surface area contributed by atoms with Crippen LogP contribution in [0.1, 0.15) is 12.7 Å². The Labute approximate surface area is 102 Å². The molecular weight excluding hydrogens is 218 g/mol. The van der Waals surface area contributed by atoms with E-state index in [1.54, 1.807) is 0 Å². The summed E-state index contributed by atoms with van der Waals surface area (Å²) in [6.07, 6.45) is 4.25. The fraction of sp³-hybridized carbons (Fsp3) is 0.750. The number of rotatable bonds is 5. The molecule has 0 spiro atoms. The van der Waals surface area contributed by atoms with E-state index in [1.807, 2.05) is 19.3 Å². The van der Waals surface area contributed by atoms with E-state index < -0.39 is 0 Å². The summed E-state index contributed by atoms with van der Waals surface area (Å²) in [7, 11) is 0. The third kappa shape index (κ3) is 3.80. The molecule has 5 nitrogen and oxygen atoms in total. The average molecular weight is 239 g/mol. The van der Waals surface area contributed by atoms with E-state index in [9.17, 15) is 0 Å². The van der Waals surface area contributed by atoms with Crippen LogP contribution in [0.4, 0.5) is 0 Å². The zero-order valence-electron chi connectivity index (χ0n) is 10.6. The van der Waals surface area contributed by atoms with Gasteiger partial charge in [0.2, 0.25) is 0 Å². The average Bonchev–Trinajstić information content (AvgIpc) is 2.71. The smallest absolute Gasteiger partial charge is 0.105 e. The minimum Gasteiger partial charge on any atom is -0.377 e. The van der Waals surface area contributed by atoms with Crippen LogP contribution in [-0.4, -0.2) is 48.1 Å². The molecule has 0 aliphatic carbocycles. The van der Waals surface area contributed by atoms with Crippen molar-refractivity contribution in [2.75, 3.05) is 26.3 Å². The van der Waals surface area contributed by atoms with Crippen molar-refractivity contribution in [2.45, 2.75) is 32.6 Å². The van der Waals surface area contributed by atoms with Gasteiger partial charge in [-0.1, -0.05) is 0 Å². The largest absolute Gasteiger partial charge is 0.377 e. The second-order valence-electron chi connectivity index (χ2n) is 4.47. The maximum absolute atomic E-state index is 5.74. The number of nitrogens with one attached hydrogen (secondary N) is 1. The van der Waals surface area contributed by atoms with E-state index in [1.165, 1.54) is 0 Å². The summed E-state index contributed by atoms with van der Waals surface area (Å²) in [6.45, 7) is 8.10. The Morgan fingerprint density at radius 3 is 3.18 bits per heavy atom. The lowest BCUT2D eigenvalue weighted by atomic mass is 10.2. The first-order valence-corrected chi connectivity index (χ1v) is 6.17. The Balaban J connectivity index is 1.61. The summed E-state index contributed by atoms with van der Waals surface area (Å²) in [5.41, 5.74) is 0. The molecule has 0 bridgehead atoms. The van der Waals surface area contributed by atoms with Crippen LogP contribution in [0.15, 0.2) is 12.4 Å². The van der Waals surface area contributed by atoms with Gasteiger partial charge in [-0.3, -0.25) is 0 Å². The highest BCUT2D eigenvalue weighted by atomic mass is 16.5. The van der Waals surface area contributed by atoms with Gasteiger partial charge in [0.1, 0.15) is 5.82 Å². The zero-order valence-corrected chi connectivity index (χ0v) is 10.6. The van der Waals surface area contributed by atoms with Gasteiger partial charge >= 0.3 is 0 Å². The Morgan fingerprint density at radius 2 is 2.47 bits per heavy atom. The molecule has 1 aliphatic rings. The number of imidazole rings is 1. The Bertz CT molecular complexity index is 340. The number of aryl methyl sites for hydroxylation is 1. The first kappa shape index (κ1) is 12.5. The van der Waals surface area contributed by atoms with Gasteiger partial charge in [-0.25, -0.2) is 4.98 Å². The number of hydrogen-bond donors (Lipinski definition) is 1. The second-order valence-corrected chi connectivity index (χ2v) is 4.47. The van der Waals surface area contributed by atoms with Crippen LogP contribution in [0.2, 0.25) is 0 Å². The van der Waals surface area contributed by atoms with Crippen molar-refractivity contribution in [3.05, 3.63) is 18.2 Å². The topological polar surface area (TPSA) is 48.3 Å². The lowest BCUT2D eigenvalue weighted by Crippen LogP contribution is -2.45. The van der Waals surface area contributed by atoms with E-state index in [-0.39, 0.29) is 12.2 Å². The molecule has 2 heterocycles. The minimum absolute atomic E-state index is 0.183. The predicted octanol–water partition coefficient (Wildman–Crippen LogP) is 0.585. The Kier molecular flexibility index (Phi) is 4.53. The molecule has 0 radical (unpaired) electrons. The molecule has 1 N–H and O–H groups in total. The minimum atomic E-state index is 0.183. The van der Waals surface area contributed by atoms with Gasteiger partial charge < -0.3 is 19.4 Å². The van der Waals surface area contributed by atoms with E-state index in [4.69, 9.17) is 9.47 Å². The highest BCUT2D eigenvalue weighted by Gasteiger charge is 2.18. The fourth-order valence-corrected chi connectivity index (χ4v) is 1.99. The monoisotopic (exact) mass is 239 g/mol. The number of aromatic nitrogens is 2. The SMILES string of the molecule is Cc1nccn1CCOCC1CNCC(C)O1. The lowest BCUT2D eigenvalue weighted by Gasteiger charge is -2.28. The third-order valence-corrected chi connectivity index (χ3v) is 2.93. The van der Waals surface area contributed by atoms with Crippen LogP contribution < -0.4 is 5.32 Å². The Hall–Kier alpha value is -0.910. The standard InChI is InChI=1S/C12H21N3O2/c1-10-7-13-8-12(17-10)9-16-6-5-15-4-3-14-11(15)2/h3-4,10,12-13H,5-9H2,1-2H3. The number of hydrogen-bond acceptors (Lipinski definition) is 4. The molecule has 1 fully saturated rings. The molecule has 1 aliphatic heterocycles.